The summed E-state index contributed by atoms with van der Waals surface area (Å²) in [6.07, 6.45) is 15.8. The lowest BCUT2D eigenvalue weighted by atomic mass is 10.1. The van der Waals surface area contributed by atoms with Gasteiger partial charge in [-0.05, 0) is 30.5 Å². The van der Waals surface area contributed by atoms with Crippen molar-refractivity contribution in [1.82, 2.24) is 4.98 Å². The second-order valence-corrected chi connectivity index (χ2v) is 5.42. The molecule has 0 N–H and O–H groups in total. The second kappa shape index (κ2) is 8.52. The summed E-state index contributed by atoms with van der Waals surface area (Å²) in [6, 6.07) is 10.5. The summed E-state index contributed by atoms with van der Waals surface area (Å²) in [7, 11) is 0. The van der Waals surface area contributed by atoms with E-state index >= 15 is 0 Å². The summed E-state index contributed by atoms with van der Waals surface area (Å²) in [5.74, 6) is 0. The van der Waals surface area contributed by atoms with E-state index in [1.807, 2.05) is 12.3 Å². The number of benzene rings is 1. The largest absolute Gasteiger partial charge is 0.256 e. The molecule has 0 saturated carbocycles. The molecule has 0 fully saturated rings. The third kappa shape index (κ3) is 4.80. The quantitative estimate of drug-likeness (QED) is 0.535. The van der Waals surface area contributed by atoms with Gasteiger partial charge in [0, 0.05) is 11.6 Å². The highest BCUT2D eigenvalue weighted by atomic mass is 14.6. The Morgan fingerprint density at radius 1 is 1.00 bits per heavy atom. The summed E-state index contributed by atoms with van der Waals surface area (Å²) < 4.78 is 0. The van der Waals surface area contributed by atoms with Gasteiger partial charge in [-0.25, -0.2) is 0 Å². The van der Waals surface area contributed by atoms with Gasteiger partial charge in [0.15, 0.2) is 0 Å². The number of unbranched alkanes of at least 4 members (excludes halogenated alkanes) is 6. The molecule has 1 heteroatoms. The fraction of sp³-hybridized carbons (Fsp3) is 0.421. The lowest BCUT2D eigenvalue weighted by Crippen LogP contribution is -1.81. The van der Waals surface area contributed by atoms with E-state index in [1.165, 1.54) is 55.9 Å². The van der Waals surface area contributed by atoms with Gasteiger partial charge in [0.2, 0.25) is 0 Å². The van der Waals surface area contributed by atoms with Crippen LogP contribution in [-0.2, 0) is 0 Å². The number of fused-ring (bicyclic) bond motifs is 1. The Hall–Kier alpha value is -1.63. The van der Waals surface area contributed by atoms with Crippen molar-refractivity contribution in [2.45, 2.75) is 51.9 Å². The SMILES string of the molecule is CCCCCCCC/C=C/c1cnc2ccccc2c1. The molecule has 0 aliphatic carbocycles. The molecular formula is C19H25N. The van der Waals surface area contributed by atoms with Crippen LogP contribution in [0.15, 0.2) is 42.6 Å². The number of hydrogen-bond donors (Lipinski definition) is 0. The van der Waals surface area contributed by atoms with Crippen LogP contribution in [0.1, 0.15) is 57.4 Å². The highest BCUT2D eigenvalue weighted by molar-refractivity contribution is 5.80. The maximum Gasteiger partial charge on any atom is 0.0702 e. The van der Waals surface area contributed by atoms with E-state index in [0.717, 1.165) is 5.52 Å². The number of allylic oxidation sites excluding steroid dienone is 1. The van der Waals surface area contributed by atoms with Gasteiger partial charge in [0.1, 0.15) is 0 Å². The molecule has 0 bridgehead atoms. The lowest BCUT2D eigenvalue weighted by molar-refractivity contribution is 0.611. The minimum Gasteiger partial charge on any atom is -0.256 e. The first kappa shape index (κ1) is 14.8. The van der Waals surface area contributed by atoms with Crippen molar-refractivity contribution in [1.29, 1.82) is 0 Å². The monoisotopic (exact) mass is 267 g/mol. The van der Waals surface area contributed by atoms with E-state index < -0.39 is 0 Å². The molecule has 0 saturated heterocycles. The van der Waals surface area contributed by atoms with E-state index in [0.29, 0.717) is 0 Å². The number of nitrogens with zero attached hydrogens (tertiary/aromatic N) is 1. The maximum absolute atomic E-state index is 4.48. The van der Waals surface area contributed by atoms with Crippen molar-refractivity contribution < 1.29 is 0 Å². The van der Waals surface area contributed by atoms with Crippen LogP contribution in [0.2, 0.25) is 0 Å². The predicted octanol–water partition coefficient (Wildman–Crippen LogP) is 6.00. The van der Waals surface area contributed by atoms with Crippen molar-refractivity contribution in [3.8, 4) is 0 Å². The molecule has 0 amide bonds. The average Bonchev–Trinajstić information content (AvgIpc) is 2.50. The minimum absolute atomic E-state index is 1.07. The van der Waals surface area contributed by atoms with Crippen LogP contribution in [0.4, 0.5) is 0 Å². The van der Waals surface area contributed by atoms with Gasteiger partial charge in [-0.2, -0.15) is 0 Å². The second-order valence-electron chi connectivity index (χ2n) is 5.42. The topological polar surface area (TPSA) is 12.9 Å². The zero-order valence-corrected chi connectivity index (χ0v) is 12.5. The molecule has 1 nitrogen and oxygen atoms in total. The molecule has 2 aromatic rings. The highest BCUT2D eigenvalue weighted by Gasteiger charge is 1.94. The van der Waals surface area contributed by atoms with Crippen LogP contribution in [0.25, 0.3) is 17.0 Å². The Morgan fingerprint density at radius 3 is 2.70 bits per heavy atom. The molecule has 0 unspecified atom stereocenters. The molecule has 0 atom stereocenters. The van der Waals surface area contributed by atoms with Crippen molar-refractivity contribution in [3.63, 3.8) is 0 Å². The number of aromatic nitrogens is 1. The molecule has 106 valence electrons. The van der Waals surface area contributed by atoms with E-state index in [9.17, 15) is 0 Å². The standard InChI is InChI=1S/C19H25N/c1-2-3-4-5-6-7-8-9-12-17-15-18-13-10-11-14-19(18)20-16-17/h9-16H,2-8H2,1H3/b12-9+. The fourth-order valence-corrected chi connectivity index (χ4v) is 2.44. The molecule has 1 aromatic heterocycles. The van der Waals surface area contributed by atoms with Gasteiger partial charge in [-0.3, -0.25) is 4.98 Å². The molecular weight excluding hydrogens is 242 g/mol. The van der Waals surface area contributed by atoms with Crippen LogP contribution < -0.4 is 0 Å². The third-order valence-corrected chi connectivity index (χ3v) is 3.65. The van der Waals surface area contributed by atoms with Gasteiger partial charge in [0.05, 0.1) is 5.52 Å². The van der Waals surface area contributed by atoms with Crippen LogP contribution in [-0.4, -0.2) is 4.98 Å². The summed E-state index contributed by atoms with van der Waals surface area (Å²) in [5.41, 5.74) is 2.27. The Bertz CT molecular complexity index is 542. The molecule has 2 rings (SSSR count). The van der Waals surface area contributed by atoms with Gasteiger partial charge in [-0.15, -0.1) is 0 Å². The Balaban J connectivity index is 1.75. The fourth-order valence-electron chi connectivity index (χ4n) is 2.44. The van der Waals surface area contributed by atoms with E-state index in [2.05, 4.69) is 48.3 Å². The first-order chi connectivity index (χ1) is 9.90. The van der Waals surface area contributed by atoms with Crippen LogP contribution in [0.3, 0.4) is 0 Å². The minimum atomic E-state index is 1.07. The van der Waals surface area contributed by atoms with E-state index in [-0.39, 0.29) is 0 Å². The molecule has 1 aromatic carbocycles. The van der Waals surface area contributed by atoms with E-state index in [1.54, 1.807) is 0 Å². The average molecular weight is 267 g/mol. The predicted molar refractivity (Wildman–Crippen MR) is 88.8 cm³/mol. The maximum atomic E-state index is 4.48. The van der Waals surface area contributed by atoms with Crippen molar-refractivity contribution in [3.05, 3.63) is 48.2 Å². The highest BCUT2D eigenvalue weighted by Crippen LogP contribution is 2.14. The summed E-state index contributed by atoms with van der Waals surface area (Å²) in [6.45, 7) is 2.26. The number of hydrogen-bond acceptors (Lipinski definition) is 1. The smallest absolute Gasteiger partial charge is 0.0702 e. The van der Waals surface area contributed by atoms with Crippen LogP contribution in [0, 0.1) is 0 Å². The molecule has 0 radical (unpaired) electrons. The van der Waals surface area contributed by atoms with E-state index in [4.69, 9.17) is 0 Å². The van der Waals surface area contributed by atoms with Crippen molar-refractivity contribution in [2.75, 3.05) is 0 Å². The van der Waals surface area contributed by atoms with Crippen molar-refractivity contribution in [2.24, 2.45) is 0 Å². The van der Waals surface area contributed by atoms with Gasteiger partial charge < -0.3 is 0 Å². The lowest BCUT2D eigenvalue weighted by Gasteiger charge is -1.99. The zero-order valence-electron chi connectivity index (χ0n) is 12.5. The zero-order chi connectivity index (χ0) is 14.0. The molecule has 0 aliphatic rings. The number of para-hydroxylation sites is 1. The number of pyridine rings is 1. The molecule has 0 spiro atoms. The summed E-state index contributed by atoms with van der Waals surface area (Å²) in [5, 5.41) is 1.22. The molecule has 0 aliphatic heterocycles. The first-order valence-corrected chi connectivity index (χ1v) is 7.91. The number of rotatable bonds is 8. The Kier molecular flexibility index (Phi) is 6.30. The van der Waals surface area contributed by atoms with Crippen LogP contribution in [0.5, 0.6) is 0 Å². The first-order valence-electron chi connectivity index (χ1n) is 7.91. The van der Waals surface area contributed by atoms with Crippen molar-refractivity contribution >= 4 is 17.0 Å². The molecule has 20 heavy (non-hydrogen) atoms. The summed E-state index contributed by atoms with van der Waals surface area (Å²) in [4.78, 5) is 4.48. The molecule has 1 heterocycles. The van der Waals surface area contributed by atoms with Crippen LogP contribution >= 0.6 is 0 Å². The van der Waals surface area contributed by atoms with Gasteiger partial charge >= 0.3 is 0 Å². The van der Waals surface area contributed by atoms with Gasteiger partial charge in [0.25, 0.3) is 0 Å². The third-order valence-electron chi connectivity index (χ3n) is 3.65. The Morgan fingerprint density at radius 2 is 1.80 bits per heavy atom. The Labute approximate surface area is 122 Å². The summed E-state index contributed by atoms with van der Waals surface area (Å²) >= 11 is 0. The normalized spacial score (nSPS) is 11.4. The van der Waals surface area contributed by atoms with Gasteiger partial charge in [-0.1, -0.05) is 69.4 Å².